The highest BCUT2D eigenvalue weighted by Gasteiger charge is 2.35. The van der Waals surface area contributed by atoms with Crippen molar-refractivity contribution in [2.24, 2.45) is 0 Å². The summed E-state index contributed by atoms with van der Waals surface area (Å²) in [5, 5.41) is 8.60. The minimum atomic E-state index is -3.14. The van der Waals surface area contributed by atoms with Crippen molar-refractivity contribution in [3.05, 3.63) is 65.5 Å². The molecule has 17 heavy (non-hydrogen) atoms. The number of hydrogen-bond acceptors (Lipinski definition) is 2. The van der Waals surface area contributed by atoms with Crippen LogP contribution in [0.2, 0.25) is 0 Å². The summed E-state index contributed by atoms with van der Waals surface area (Å²) in [6, 6.07) is 11.5. The lowest BCUT2D eigenvalue weighted by Gasteiger charge is -2.15. The van der Waals surface area contributed by atoms with Crippen molar-refractivity contribution in [3.8, 4) is 6.07 Å². The van der Waals surface area contributed by atoms with E-state index in [1.54, 1.807) is 6.07 Å². The van der Waals surface area contributed by atoms with Gasteiger partial charge in [0.25, 0.3) is 0 Å². The van der Waals surface area contributed by atoms with Crippen molar-refractivity contribution in [2.75, 3.05) is 0 Å². The number of rotatable bonds is 2. The standard InChI is InChI=1S/C13H8F2N2/c14-13(15,12-3-1-2-8-17-12)11-6-4-10(9-16)5-7-11/h1-8H. The van der Waals surface area contributed by atoms with Gasteiger partial charge in [0.05, 0.1) is 11.6 Å². The third kappa shape index (κ3) is 2.13. The number of hydrogen-bond donors (Lipinski definition) is 0. The molecule has 0 aliphatic carbocycles. The summed E-state index contributed by atoms with van der Waals surface area (Å²) in [5.74, 6) is -3.14. The van der Waals surface area contributed by atoms with Crippen LogP contribution in [0.25, 0.3) is 0 Å². The van der Waals surface area contributed by atoms with Crippen LogP contribution in [-0.4, -0.2) is 4.98 Å². The van der Waals surface area contributed by atoms with Gasteiger partial charge in [0.15, 0.2) is 0 Å². The zero-order chi connectivity index (χ0) is 12.3. The predicted octanol–water partition coefficient (Wildman–Crippen LogP) is 3.09. The summed E-state index contributed by atoms with van der Waals surface area (Å²) in [5.41, 5.74) is -0.120. The Hall–Kier alpha value is -2.28. The second-order valence-corrected chi connectivity index (χ2v) is 3.48. The van der Waals surface area contributed by atoms with E-state index in [2.05, 4.69) is 4.98 Å². The Morgan fingerprint density at radius 3 is 2.29 bits per heavy atom. The molecule has 0 N–H and O–H groups in total. The molecular formula is C13H8F2N2. The van der Waals surface area contributed by atoms with Crippen LogP contribution in [0.1, 0.15) is 16.8 Å². The van der Waals surface area contributed by atoms with Crippen molar-refractivity contribution in [1.82, 2.24) is 4.98 Å². The van der Waals surface area contributed by atoms with Crippen LogP contribution in [0.5, 0.6) is 0 Å². The van der Waals surface area contributed by atoms with Crippen molar-refractivity contribution < 1.29 is 8.78 Å². The Bertz CT molecular complexity index is 542. The molecule has 2 rings (SSSR count). The number of aromatic nitrogens is 1. The zero-order valence-corrected chi connectivity index (χ0v) is 8.77. The quantitative estimate of drug-likeness (QED) is 0.794. The SMILES string of the molecule is N#Cc1ccc(C(F)(F)c2ccccn2)cc1. The maximum absolute atomic E-state index is 14.0. The van der Waals surface area contributed by atoms with E-state index >= 15 is 0 Å². The predicted molar refractivity (Wildman–Crippen MR) is 58.4 cm³/mol. The molecule has 2 aromatic rings. The molecule has 0 fully saturated rings. The Balaban J connectivity index is 2.41. The monoisotopic (exact) mass is 230 g/mol. The van der Waals surface area contributed by atoms with E-state index in [1.165, 1.54) is 42.6 Å². The molecular weight excluding hydrogens is 222 g/mol. The number of alkyl halides is 2. The summed E-state index contributed by atoms with van der Waals surface area (Å²) < 4.78 is 28.0. The first-order valence-corrected chi connectivity index (χ1v) is 4.94. The van der Waals surface area contributed by atoms with E-state index in [4.69, 9.17) is 5.26 Å². The maximum Gasteiger partial charge on any atom is 0.314 e. The van der Waals surface area contributed by atoms with Crippen molar-refractivity contribution in [2.45, 2.75) is 5.92 Å². The van der Waals surface area contributed by atoms with Gasteiger partial charge in [-0.1, -0.05) is 18.2 Å². The zero-order valence-electron chi connectivity index (χ0n) is 8.77. The smallest absolute Gasteiger partial charge is 0.255 e. The van der Waals surface area contributed by atoms with Gasteiger partial charge in [-0.25, -0.2) is 0 Å². The molecule has 1 aromatic heterocycles. The van der Waals surface area contributed by atoms with Gasteiger partial charge in [0.1, 0.15) is 5.69 Å². The molecule has 0 aliphatic rings. The van der Waals surface area contributed by atoms with Gasteiger partial charge >= 0.3 is 5.92 Å². The van der Waals surface area contributed by atoms with Crippen LogP contribution in [0, 0.1) is 11.3 Å². The molecule has 0 spiro atoms. The Labute approximate surface area is 97.2 Å². The van der Waals surface area contributed by atoms with Crippen molar-refractivity contribution >= 4 is 0 Å². The van der Waals surface area contributed by atoms with Gasteiger partial charge in [-0.3, -0.25) is 4.98 Å². The number of nitrogens with zero attached hydrogens (tertiary/aromatic N) is 2. The van der Waals surface area contributed by atoms with E-state index in [0.29, 0.717) is 5.56 Å². The normalized spacial score (nSPS) is 10.9. The topological polar surface area (TPSA) is 36.7 Å². The Kier molecular flexibility index (Phi) is 2.84. The van der Waals surface area contributed by atoms with Gasteiger partial charge in [0, 0.05) is 11.8 Å². The molecule has 0 saturated carbocycles. The van der Waals surface area contributed by atoms with Crippen LogP contribution in [0.15, 0.2) is 48.7 Å². The molecule has 0 amide bonds. The Morgan fingerprint density at radius 2 is 1.76 bits per heavy atom. The fraction of sp³-hybridized carbons (Fsp3) is 0.0769. The van der Waals surface area contributed by atoms with Crippen LogP contribution >= 0.6 is 0 Å². The molecule has 2 nitrogen and oxygen atoms in total. The van der Waals surface area contributed by atoms with Crippen LogP contribution in [0.4, 0.5) is 8.78 Å². The second kappa shape index (κ2) is 4.30. The van der Waals surface area contributed by atoms with E-state index in [-0.39, 0.29) is 11.3 Å². The number of pyridine rings is 1. The van der Waals surface area contributed by atoms with Crippen molar-refractivity contribution in [3.63, 3.8) is 0 Å². The third-order valence-electron chi connectivity index (χ3n) is 2.36. The van der Waals surface area contributed by atoms with E-state index in [0.717, 1.165) is 0 Å². The van der Waals surface area contributed by atoms with E-state index in [9.17, 15) is 8.78 Å². The van der Waals surface area contributed by atoms with Gasteiger partial charge < -0.3 is 0 Å². The lowest BCUT2D eigenvalue weighted by atomic mass is 10.0. The number of benzene rings is 1. The largest absolute Gasteiger partial charge is 0.314 e. The average Bonchev–Trinajstić information content (AvgIpc) is 2.40. The summed E-state index contributed by atoms with van der Waals surface area (Å²) in [6.45, 7) is 0. The van der Waals surface area contributed by atoms with Crippen LogP contribution < -0.4 is 0 Å². The highest BCUT2D eigenvalue weighted by atomic mass is 19.3. The number of nitriles is 1. The molecule has 0 unspecified atom stereocenters. The third-order valence-corrected chi connectivity index (χ3v) is 2.36. The van der Waals surface area contributed by atoms with Gasteiger partial charge in [-0.2, -0.15) is 14.0 Å². The minimum Gasteiger partial charge on any atom is -0.255 e. The van der Waals surface area contributed by atoms with Crippen LogP contribution in [-0.2, 0) is 5.92 Å². The molecule has 1 heterocycles. The molecule has 0 atom stereocenters. The first-order valence-electron chi connectivity index (χ1n) is 4.94. The molecule has 1 aromatic carbocycles. The van der Waals surface area contributed by atoms with Gasteiger partial charge in [-0.05, 0) is 24.3 Å². The summed E-state index contributed by atoms with van der Waals surface area (Å²) in [4.78, 5) is 3.65. The van der Waals surface area contributed by atoms with E-state index < -0.39 is 5.92 Å². The van der Waals surface area contributed by atoms with Crippen molar-refractivity contribution in [1.29, 1.82) is 5.26 Å². The average molecular weight is 230 g/mol. The van der Waals surface area contributed by atoms with Gasteiger partial charge in [0.2, 0.25) is 0 Å². The van der Waals surface area contributed by atoms with E-state index in [1.807, 2.05) is 6.07 Å². The summed E-state index contributed by atoms with van der Waals surface area (Å²) >= 11 is 0. The second-order valence-electron chi connectivity index (χ2n) is 3.48. The molecule has 0 aliphatic heterocycles. The fourth-order valence-corrected chi connectivity index (χ4v) is 1.45. The molecule has 4 heteroatoms. The maximum atomic E-state index is 14.0. The molecule has 0 saturated heterocycles. The lowest BCUT2D eigenvalue weighted by Crippen LogP contribution is -2.16. The Morgan fingerprint density at radius 1 is 1.06 bits per heavy atom. The number of halogens is 2. The lowest BCUT2D eigenvalue weighted by molar-refractivity contribution is 0.0380. The highest BCUT2D eigenvalue weighted by molar-refractivity contribution is 5.36. The molecule has 0 radical (unpaired) electrons. The summed E-state index contributed by atoms with van der Waals surface area (Å²) in [6.07, 6.45) is 1.33. The minimum absolute atomic E-state index is 0.171. The first kappa shape index (κ1) is 11.2. The first-order chi connectivity index (χ1) is 8.14. The fourth-order valence-electron chi connectivity index (χ4n) is 1.45. The molecule has 84 valence electrons. The highest BCUT2D eigenvalue weighted by Crippen LogP contribution is 2.33. The van der Waals surface area contributed by atoms with Crippen LogP contribution in [0.3, 0.4) is 0 Å². The van der Waals surface area contributed by atoms with Gasteiger partial charge in [-0.15, -0.1) is 0 Å². The molecule has 0 bridgehead atoms. The summed E-state index contributed by atoms with van der Waals surface area (Å²) in [7, 11) is 0.